The molecule has 0 bridgehead atoms. The van der Waals surface area contributed by atoms with E-state index in [-0.39, 0.29) is 0 Å². The van der Waals surface area contributed by atoms with Gasteiger partial charge >= 0.3 is 6.03 Å². The molecule has 60 valence electrons. The lowest BCUT2D eigenvalue weighted by Gasteiger charge is -2.13. The van der Waals surface area contributed by atoms with Crippen molar-refractivity contribution in [3.8, 4) is 0 Å². The van der Waals surface area contributed by atoms with E-state index in [9.17, 15) is 13.6 Å². The van der Waals surface area contributed by atoms with Crippen LogP contribution in [0.2, 0.25) is 0 Å². The average molecular weight is 152 g/mol. The van der Waals surface area contributed by atoms with Crippen molar-refractivity contribution in [3.05, 3.63) is 7.05 Å². The van der Waals surface area contributed by atoms with E-state index in [4.69, 9.17) is 0 Å². The van der Waals surface area contributed by atoms with Crippen molar-refractivity contribution in [2.24, 2.45) is 0 Å². The summed E-state index contributed by atoms with van der Waals surface area (Å²) < 4.78 is 23.1. The number of quaternary nitrogens is 1. The molecule has 2 amide bonds. The van der Waals surface area contributed by atoms with E-state index in [1.54, 1.807) is 0 Å². The number of hydrogen-bond donors (Lipinski definition) is 1. The number of halogens is 2. The molecule has 0 spiro atoms. The van der Waals surface area contributed by atoms with Gasteiger partial charge in [0, 0.05) is 7.05 Å². The Kier molecular flexibility index (Phi) is 3.87. The topological polar surface area (TPSA) is 36.9 Å². The lowest BCUT2D eigenvalue weighted by Crippen LogP contribution is -2.84. The third-order valence-corrected chi connectivity index (χ3v) is 0.963. The SMILES string of the molecule is [CH2-][NH2+]C(=O)N(C)CC(F)F. The molecule has 0 aromatic carbocycles. The van der Waals surface area contributed by atoms with Crippen LogP contribution in [-0.2, 0) is 0 Å². The summed E-state index contributed by atoms with van der Waals surface area (Å²) >= 11 is 0. The van der Waals surface area contributed by atoms with Crippen molar-refractivity contribution in [2.45, 2.75) is 6.43 Å². The molecule has 0 unspecified atom stereocenters. The fourth-order valence-corrected chi connectivity index (χ4v) is 0.453. The van der Waals surface area contributed by atoms with E-state index in [0.29, 0.717) is 0 Å². The summed E-state index contributed by atoms with van der Waals surface area (Å²) in [5, 5.41) is 1.00. The van der Waals surface area contributed by atoms with Crippen LogP contribution in [0.1, 0.15) is 0 Å². The predicted octanol–water partition coefficient (Wildman–Crippen LogP) is -0.342. The van der Waals surface area contributed by atoms with Crippen molar-refractivity contribution >= 4 is 6.03 Å². The number of hydrogen-bond acceptors (Lipinski definition) is 1. The third kappa shape index (κ3) is 3.34. The molecule has 0 rings (SSSR count). The van der Waals surface area contributed by atoms with Crippen LogP contribution in [0.25, 0.3) is 0 Å². The van der Waals surface area contributed by atoms with Gasteiger partial charge in [0.15, 0.2) is 0 Å². The number of carbonyl (C=O) groups excluding carboxylic acids is 1. The van der Waals surface area contributed by atoms with Crippen LogP contribution in [0.5, 0.6) is 0 Å². The number of nitrogens with zero attached hydrogens (tertiary/aromatic N) is 1. The first kappa shape index (κ1) is 9.29. The molecular weight excluding hydrogens is 142 g/mol. The number of amides is 2. The molecule has 0 aromatic heterocycles. The van der Waals surface area contributed by atoms with Gasteiger partial charge in [-0.1, -0.05) is 0 Å². The molecule has 0 fully saturated rings. The highest BCUT2D eigenvalue weighted by Crippen LogP contribution is 1.93. The van der Waals surface area contributed by atoms with Gasteiger partial charge in [-0.25, -0.2) is 13.6 Å². The summed E-state index contributed by atoms with van der Waals surface area (Å²) in [6, 6.07) is -0.486. The smallest absolute Gasteiger partial charge is 0.389 e. The number of rotatable bonds is 2. The first-order chi connectivity index (χ1) is 4.57. The van der Waals surface area contributed by atoms with Crippen molar-refractivity contribution in [1.82, 2.24) is 4.90 Å². The zero-order valence-corrected chi connectivity index (χ0v) is 5.68. The highest BCUT2D eigenvalue weighted by atomic mass is 19.3. The van der Waals surface area contributed by atoms with Crippen LogP contribution in [0.4, 0.5) is 13.6 Å². The fraction of sp³-hybridized carbons (Fsp3) is 0.600. The molecule has 0 atom stereocenters. The minimum Gasteiger partial charge on any atom is -0.395 e. The standard InChI is InChI=1S/C5H10F2N2O/c1-8-5(10)9(2)3-4(6)7/h4H,1,3,8H2,2H3. The van der Waals surface area contributed by atoms with Gasteiger partial charge in [0.1, 0.15) is 0 Å². The van der Waals surface area contributed by atoms with E-state index in [0.717, 1.165) is 10.2 Å². The van der Waals surface area contributed by atoms with E-state index >= 15 is 0 Å². The summed E-state index contributed by atoms with van der Waals surface area (Å²) in [5.74, 6) is 0. The Balaban J connectivity index is 3.61. The number of alkyl halides is 2. The lowest BCUT2D eigenvalue weighted by molar-refractivity contribution is -0.497. The second kappa shape index (κ2) is 4.16. The first-order valence-corrected chi connectivity index (χ1v) is 2.73. The number of carbonyl (C=O) groups is 1. The molecule has 0 heterocycles. The van der Waals surface area contributed by atoms with Crippen molar-refractivity contribution in [1.29, 1.82) is 0 Å². The lowest BCUT2D eigenvalue weighted by atomic mass is 10.6. The Morgan fingerprint density at radius 1 is 1.80 bits per heavy atom. The highest BCUT2D eigenvalue weighted by Gasteiger charge is 2.12. The summed E-state index contributed by atoms with van der Waals surface area (Å²) in [7, 11) is 4.45. The largest absolute Gasteiger partial charge is 0.395 e. The van der Waals surface area contributed by atoms with Crippen LogP contribution in [0.3, 0.4) is 0 Å². The number of urea groups is 1. The molecule has 0 aliphatic carbocycles. The van der Waals surface area contributed by atoms with Gasteiger partial charge < -0.3 is 5.32 Å². The van der Waals surface area contributed by atoms with E-state index in [1.165, 1.54) is 7.05 Å². The van der Waals surface area contributed by atoms with Crippen LogP contribution in [0.15, 0.2) is 0 Å². The molecular formula is C5H10F2N2O. The second-order valence-electron chi connectivity index (χ2n) is 1.81. The maximum absolute atomic E-state index is 11.6. The minimum absolute atomic E-state index is 0.486. The van der Waals surface area contributed by atoms with Gasteiger partial charge in [0.2, 0.25) is 0 Å². The second-order valence-corrected chi connectivity index (χ2v) is 1.81. The monoisotopic (exact) mass is 152 g/mol. The quantitative estimate of drug-likeness (QED) is 0.540. The summed E-state index contributed by atoms with van der Waals surface area (Å²) in [6.45, 7) is -0.537. The molecule has 10 heavy (non-hydrogen) atoms. The van der Waals surface area contributed by atoms with Gasteiger partial charge in [0.05, 0.1) is 6.54 Å². The maximum Gasteiger partial charge on any atom is 0.389 e. The molecule has 0 aliphatic rings. The van der Waals surface area contributed by atoms with Crippen molar-refractivity contribution in [2.75, 3.05) is 13.6 Å². The zero-order chi connectivity index (χ0) is 8.15. The van der Waals surface area contributed by atoms with Crippen LogP contribution < -0.4 is 5.32 Å². The molecule has 0 radical (unpaired) electrons. The number of primary amides is 1. The molecule has 0 aliphatic heterocycles. The maximum atomic E-state index is 11.6. The first-order valence-electron chi connectivity index (χ1n) is 2.73. The Labute approximate surface area is 58.0 Å². The van der Waals surface area contributed by atoms with E-state index in [2.05, 4.69) is 7.05 Å². The Hall–Kier alpha value is -0.710. The fourth-order valence-electron chi connectivity index (χ4n) is 0.453. The summed E-state index contributed by atoms with van der Waals surface area (Å²) in [5.41, 5.74) is 0. The Bertz CT molecular complexity index is 118. The average Bonchev–Trinajstić information content (AvgIpc) is 1.85. The molecule has 5 heteroatoms. The Morgan fingerprint density at radius 3 is 2.60 bits per heavy atom. The zero-order valence-electron chi connectivity index (χ0n) is 5.68. The molecule has 0 saturated heterocycles. The summed E-state index contributed by atoms with van der Waals surface area (Å²) in [6.07, 6.45) is -2.48. The van der Waals surface area contributed by atoms with Crippen LogP contribution in [0, 0.1) is 7.05 Å². The van der Waals surface area contributed by atoms with Gasteiger partial charge in [0.25, 0.3) is 6.43 Å². The van der Waals surface area contributed by atoms with Crippen LogP contribution in [-0.4, -0.2) is 30.9 Å². The minimum atomic E-state index is -2.48. The highest BCUT2D eigenvalue weighted by molar-refractivity contribution is 5.63. The Morgan fingerprint density at radius 2 is 2.30 bits per heavy atom. The normalized spacial score (nSPS) is 10.1. The van der Waals surface area contributed by atoms with Gasteiger partial charge in [-0.05, 0) is 0 Å². The van der Waals surface area contributed by atoms with Crippen molar-refractivity contribution in [3.63, 3.8) is 0 Å². The van der Waals surface area contributed by atoms with Gasteiger partial charge in [-0.3, -0.25) is 4.90 Å². The van der Waals surface area contributed by atoms with Crippen LogP contribution >= 0.6 is 0 Å². The van der Waals surface area contributed by atoms with Gasteiger partial charge in [-0.15, -0.1) is 7.05 Å². The van der Waals surface area contributed by atoms with E-state index < -0.39 is 19.0 Å². The van der Waals surface area contributed by atoms with Crippen molar-refractivity contribution < 1.29 is 18.9 Å². The molecule has 0 aromatic rings. The third-order valence-electron chi connectivity index (χ3n) is 0.963. The molecule has 0 saturated carbocycles. The number of nitrogens with two attached hydrogens (primary N) is 1. The molecule has 2 N–H and O–H groups in total. The summed E-state index contributed by atoms with van der Waals surface area (Å²) in [4.78, 5) is 11.4. The van der Waals surface area contributed by atoms with E-state index in [1.807, 2.05) is 0 Å². The molecule has 3 nitrogen and oxygen atoms in total. The predicted molar refractivity (Wildman–Crippen MR) is 31.3 cm³/mol. The van der Waals surface area contributed by atoms with Gasteiger partial charge in [-0.2, -0.15) is 0 Å².